The molecule has 0 unspecified atom stereocenters. The average molecular weight is 233 g/mol. The first-order valence-corrected chi connectivity index (χ1v) is 5.59. The first kappa shape index (κ1) is 11.4. The van der Waals surface area contributed by atoms with E-state index in [4.69, 9.17) is 5.11 Å². The van der Waals surface area contributed by atoms with Crippen molar-refractivity contribution in [2.24, 2.45) is 0 Å². The van der Waals surface area contributed by atoms with E-state index in [9.17, 15) is 4.79 Å². The van der Waals surface area contributed by atoms with Crippen molar-refractivity contribution >= 4 is 5.97 Å². The fraction of sp³-hybridized carbons (Fsp3) is 0.333. The largest absolute Gasteiger partial charge is 0.477 e. The van der Waals surface area contributed by atoms with Crippen molar-refractivity contribution in [3.05, 3.63) is 42.2 Å². The molecule has 0 aliphatic rings. The molecular formula is C12H15N3O2. The van der Waals surface area contributed by atoms with Crippen LogP contribution < -0.4 is 0 Å². The zero-order chi connectivity index (χ0) is 12.3. The second-order valence-electron chi connectivity index (χ2n) is 3.90. The molecule has 0 spiro atoms. The molecule has 0 aromatic carbocycles. The Morgan fingerprint density at radius 2 is 2.29 bits per heavy atom. The summed E-state index contributed by atoms with van der Waals surface area (Å²) in [4.78, 5) is 15.1. The van der Waals surface area contributed by atoms with Gasteiger partial charge in [-0.2, -0.15) is 0 Å². The van der Waals surface area contributed by atoms with E-state index in [2.05, 4.69) is 11.9 Å². The van der Waals surface area contributed by atoms with E-state index in [0.717, 1.165) is 18.7 Å². The molecule has 0 radical (unpaired) electrons. The topological polar surface area (TPSA) is 60.0 Å². The number of imidazole rings is 1. The van der Waals surface area contributed by atoms with Crippen LogP contribution in [0.4, 0.5) is 0 Å². The Bertz CT molecular complexity index is 513. The van der Waals surface area contributed by atoms with Gasteiger partial charge in [-0.3, -0.25) is 0 Å². The molecule has 0 fully saturated rings. The summed E-state index contributed by atoms with van der Waals surface area (Å²) in [5.41, 5.74) is 1.32. The number of hydrogen-bond donors (Lipinski definition) is 1. The number of carbonyl (C=O) groups is 1. The third-order valence-electron chi connectivity index (χ3n) is 2.64. The second kappa shape index (κ2) is 4.86. The Balaban J connectivity index is 2.22. The SMILES string of the molecule is CCCn1cncc1Cn1cccc1C(=O)O. The lowest BCUT2D eigenvalue weighted by molar-refractivity contribution is 0.0685. The van der Waals surface area contributed by atoms with Gasteiger partial charge < -0.3 is 14.2 Å². The summed E-state index contributed by atoms with van der Waals surface area (Å²) in [5, 5.41) is 9.01. The third-order valence-corrected chi connectivity index (χ3v) is 2.64. The zero-order valence-corrected chi connectivity index (χ0v) is 9.71. The fourth-order valence-corrected chi connectivity index (χ4v) is 1.84. The van der Waals surface area contributed by atoms with Crippen LogP contribution in [0.2, 0.25) is 0 Å². The summed E-state index contributed by atoms with van der Waals surface area (Å²) in [6, 6.07) is 3.34. The van der Waals surface area contributed by atoms with Crippen LogP contribution in [-0.2, 0) is 13.1 Å². The molecule has 2 aromatic rings. The van der Waals surface area contributed by atoms with Gasteiger partial charge in [-0.15, -0.1) is 0 Å². The quantitative estimate of drug-likeness (QED) is 0.857. The molecule has 0 saturated heterocycles. The van der Waals surface area contributed by atoms with Crippen LogP contribution in [0.5, 0.6) is 0 Å². The van der Waals surface area contributed by atoms with E-state index in [-0.39, 0.29) is 0 Å². The molecule has 0 bridgehead atoms. The van der Waals surface area contributed by atoms with Gasteiger partial charge in [-0.05, 0) is 18.6 Å². The number of aromatic carboxylic acids is 1. The highest BCUT2D eigenvalue weighted by atomic mass is 16.4. The van der Waals surface area contributed by atoms with Crippen molar-refractivity contribution in [2.75, 3.05) is 0 Å². The van der Waals surface area contributed by atoms with Crippen molar-refractivity contribution < 1.29 is 9.90 Å². The van der Waals surface area contributed by atoms with Crippen LogP contribution in [0.25, 0.3) is 0 Å². The Labute approximate surface area is 99.3 Å². The minimum absolute atomic E-state index is 0.300. The molecule has 2 aromatic heterocycles. The van der Waals surface area contributed by atoms with Crippen LogP contribution in [0, 0.1) is 0 Å². The summed E-state index contributed by atoms with van der Waals surface area (Å²) in [7, 11) is 0. The molecule has 0 atom stereocenters. The van der Waals surface area contributed by atoms with E-state index in [0.29, 0.717) is 12.2 Å². The monoisotopic (exact) mass is 233 g/mol. The van der Waals surface area contributed by atoms with Crippen LogP contribution in [0.15, 0.2) is 30.9 Å². The molecule has 17 heavy (non-hydrogen) atoms. The minimum atomic E-state index is -0.906. The number of hydrogen-bond acceptors (Lipinski definition) is 2. The predicted octanol–water partition coefficient (Wildman–Crippen LogP) is 1.84. The standard InChI is InChI=1S/C12H15N3O2/c1-2-5-15-9-13-7-10(15)8-14-6-3-4-11(14)12(16)17/h3-4,6-7,9H,2,5,8H2,1H3,(H,16,17). The number of carboxylic acids is 1. The lowest BCUT2D eigenvalue weighted by Gasteiger charge is -2.09. The van der Waals surface area contributed by atoms with Crippen LogP contribution >= 0.6 is 0 Å². The molecule has 1 N–H and O–H groups in total. The lowest BCUT2D eigenvalue weighted by atomic mass is 10.4. The van der Waals surface area contributed by atoms with Crippen molar-refractivity contribution in [2.45, 2.75) is 26.4 Å². The molecule has 90 valence electrons. The second-order valence-corrected chi connectivity index (χ2v) is 3.90. The van der Waals surface area contributed by atoms with Gasteiger partial charge in [0.25, 0.3) is 0 Å². The number of rotatable bonds is 5. The van der Waals surface area contributed by atoms with Crippen LogP contribution in [0.1, 0.15) is 29.5 Å². The number of carboxylic acid groups (broad SMARTS) is 1. The molecule has 2 heterocycles. The third kappa shape index (κ3) is 2.38. The minimum Gasteiger partial charge on any atom is -0.477 e. The van der Waals surface area contributed by atoms with Gasteiger partial charge in [0.1, 0.15) is 5.69 Å². The van der Waals surface area contributed by atoms with Gasteiger partial charge >= 0.3 is 5.97 Å². The maximum atomic E-state index is 11.0. The van der Waals surface area contributed by atoms with E-state index in [1.807, 2.05) is 4.57 Å². The molecular weight excluding hydrogens is 218 g/mol. The van der Waals surface area contributed by atoms with Gasteiger partial charge in [-0.25, -0.2) is 9.78 Å². The van der Waals surface area contributed by atoms with Crippen LogP contribution in [-0.4, -0.2) is 25.2 Å². The van der Waals surface area contributed by atoms with Crippen LogP contribution in [0.3, 0.4) is 0 Å². The number of aryl methyl sites for hydroxylation is 1. The predicted molar refractivity (Wildman–Crippen MR) is 63.0 cm³/mol. The van der Waals surface area contributed by atoms with Crippen molar-refractivity contribution in [3.8, 4) is 0 Å². The summed E-state index contributed by atoms with van der Waals surface area (Å²) in [6.45, 7) is 3.54. The summed E-state index contributed by atoms with van der Waals surface area (Å²) in [6.07, 6.45) is 6.36. The molecule has 2 rings (SSSR count). The fourth-order valence-electron chi connectivity index (χ4n) is 1.84. The van der Waals surface area contributed by atoms with Gasteiger partial charge in [-0.1, -0.05) is 6.92 Å². The lowest BCUT2D eigenvalue weighted by Crippen LogP contribution is -2.11. The Morgan fingerprint density at radius 3 is 3.00 bits per heavy atom. The summed E-state index contributed by atoms with van der Waals surface area (Å²) >= 11 is 0. The van der Waals surface area contributed by atoms with E-state index in [1.54, 1.807) is 35.4 Å². The Hall–Kier alpha value is -2.04. The van der Waals surface area contributed by atoms with Gasteiger partial charge in [0.15, 0.2) is 0 Å². The first-order chi connectivity index (χ1) is 8.22. The maximum Gasteiger partial charge on any atom is 0.352 e. The van der Waals surface area contributed by atoms with E-state index < -0.39 is 5.97 Å². The highest BCUT2D eigenvalue weighted by Gasteiger charge is 2.10. The van der Waals surface area contributed by atoms with Gasteiger partial charge in [0.2, 0.25) is 0 Å². The molecule has 5 heteroatoms. The smallest absolute Gasteiger partial charge is 0.352 e. The molecule has 0 aliphatic carbocycles. The van der Waals surface area contributed by atoms with E-state index in [1.165, 1.54) is 0 Å². The Kier molecular flexibility index (Phi) is 3.27. The molecule has 0 saturated carbocycles. The summed E-state index contributed by atoms with van der Waals surface area (Å²) in [5.74, 6) is -0.906. The maximum absolute atomic E-state index is 11.0. The van der Waals surface area contributed by atoms with E-state index >= 15 is 0 Å². The van der Waals surface area contributed by atoms with Crippen molar-refractivity contribution in [1.29, 1.82) is 0 Å². The van der Waals surface area contributed by atoms with Crippen molar-refractivity contribution in [3.63, 3.8) is 0 Å². The highest BCUT2D eigenvalue weighted by molar-refractivity contribution is 5.85. The molecule has 0 amide bonds. The van der Waals surface area contributed by atoms with Crippen molar-refractivity contribution in [1.82, 2.24) is 14.1 Å². The van der Waals surface area contributed by atoms with Gasteiger partial charge in [0, 0.05) is 18.9 Å². The Morgan fingerprint density at radius 1 is 1.47 bits per heavy atom. The number of aromatic nitrogens is 3. The first-order valence-electron chi connectivity index (χ1n) is 5.59. The van der Waals surface area contributed by atoms with Gasteiger partial charge in [0.05, 0.1) is 18.6 Å². The average Bonchev–Trinajstić information content (AvgIpc) is 2.89. The molecule has 5 nitrogen and oxygen atoms in total. The normalized spacial score (nSPS) is 10.6. The number of nitrogens with zero attached hydrogens (tertiary/aromatic N) is 3. The summed E-state index contributed by atoms with van der Waals surface area (Å²) < 4.78 is 3.76. The highest BCUT2D eigenvalue weighted by Crippen LogP contribution is 2.08. The molecule has 0 aliphatic heterocycles. The zero-order valence-electron chi connectivity index (χ0n) is 9.71.